The highest BCUT2D eigenvalue weighted by atomic mass is 16.6. The van der Waals surface area contributed by atoms with Crippen molar-refractivity contribution < 1.29 is 14.3 Å². The molecule has 19 heavy (non-hydrogen) atoms. The molecule has 0 aliphatic carbocycles. The normalized spacial score (nSPS) is 19.8. The van der Waals surface area contributed by atoms with Crippen molar-refractivity contribution in [3.05, 3.63) is 0 Å². The fourth-order valence-corrected chi connectivity index (χ4v) is 2.06. The zero-order valence-electron chi connectivity index (χ0n) is 12.3. The number of carbonyl (C=O) groups excluding carboxylic acids is 2. The van der Waals surface area contributed by atoms with Crippen molar-refractivity contribution in [1.29, 1.82) is 0 Å². The topological polar surface area (TPSA) is 84.7 Å². The van der Waals surface area contributed by atoms with Crippen LogP contribution in [0.2, 0.25) is 0 Å². The molecule has 6 heteroatoms. The van der Waals surface area contributed by atoms with E-state index in [4.69, 9.17) is 10.5 Å². The van der Waals surface area contributed by atoms with Crippen molar-refractivity contribution in [3.63, 3.8) is 0 Å². The number of hydrogen-bond acceptors (Lipinski definition) is 4. The Labute approximate surface area is 114 Å². The molecule has 0 unspecified atom stereocenters. The Balaban J connectivity index is 2.43. The molecule has 2 amide bonds. The van der Waals surface area contributed by atoms with E-state index >= 15 is 0 Å². The molecule has 0 spiro atoms. The third-order valence-electron chi connectivity index (χ3n) is 3.11. The molecular formula is C13H25N3O3. The Kier molecular flexibility index (Phi) is 4.79. The van der Waals surface area contributed by atoms with Crippen LogP contribution in [-0.4, -0.2) is 47.7 Å². The van der Waals surface area contributed by atoms with E-state index in [1.165, 1.54) is 0 Å². The average molecular weight is 271 g/mol. The molecule has 0 aromatic heterocycles. The van der Waals surface area contributed by atoms with Crippen molar-refractivity contribution >= 4 is 12.0 Å². The first-order chi connectivity index (χ1) is 8.60. The number of rotatable bonds is 3. The Morgan fingerprint density at radius 2 is 1.84 bits per heavy atom. The molecular weight excluding hydrogens is 246 g/mol. The summed E-state index contributed by atoms with van der Waals surface area (Å²) < 4.78 is 5.52. The number of alkyl carbamates (subject to hydrolysis) is 1. The first-order valence-corrected chi connectivity index (χ1v) is 6.61. The van der Waals surface area contributed by atoms with Crippen LogP contribution in [-0.2, 0) is 9.53 Å². The van der Waals surface area contributed by atoms with Gasteiger partial charge in [-0.15, -0.1) is 0 Å². The third-order valence-corrected chi connectivity index (χ3v) is 3.11. The maximum atomic E-state index is 11.8. The number of nitrogens with zero attached hydrogens (tertiary/aromatic N) is 1. The van der Waals surface area contributed by atoms with Crippen LogP contribution in [0.15, 0.2) is 0 Å². The SMILES string of the molecule is CC(C)(C)NC(=O)OC1(C)CCN(CC(N)=O)CC1. The summed E-state index contributed by atoms with van der Waals surface area (Å²) >= 11 is 0. The standard InChI is InChI=1S/C13H25N3O3/c1-12(2,3)15-11(18)19-13(4)5-7-16(8-6-13)9-10(14)17/h5-9H2,1-4H3,(H2,14,17)(H,15,18). The maximum absolute atomic E-state index is 11.8. The van der Waals surface area contributed by atoms with Crippen LogP contribution in [0.5, 0.6) is 0 Å². The smallest absolute Gasteiger partial charge is 0.408 e. The van der Waals surface area contributed by atoms with Gasteiger partial charge in [0.15, 0.2) is 0 Å². The van der Waals surface area contributed by atoms with Crippen molar-refractivity contribution in [2.45, 2.75) is 51.7 Å². The third kappa shape index (κ3) is 5.92. The van der Waals surface area contributed by atoms with Crippen LogP contribution in [0.1, 0.15) is 40.5 Å². The summed E-state index contributed by atoms with van der Waals surface area (Å²) in [7, 11) is 0. The molecule has 3 N–H and O–H groups in total. The fraction of sp³-hybridized carbons (Fsp3) is 0.846. The number of primary amides is 1. The minimum absolute atomic E-state index is 0.268. The number of amides is 2. The number of hydrogen-bond donors (Lipinski definition) is 2. The van der Waals surface area contributed by atoms with E-state index in [1.807, 2.05) is 32.6 Å². The summed E-state index contributed by atoms with van der Waals surface area (Å²) in [4.78, 5) is 24.6. The Morgan fingerprint density at radius 1 is 1.32 bits per heavy atom. The van der Waals surface area contributed by atoms with Gasteiger partial charge >= 0.3 is 6.09 Å². The van der Waals surface area contributed by atoms with Gasteiger partial charge in [-0.25, -0.2) is 4.79 Å². The second kappa shape index (κ2) is 5.77. The maximum Gasteiger partial charge on any atom is 0.408 e. The Bertz CT molecular complexity index is 342. The lowest BCUT2D eigenvalue weighted by atomic mass is 9.93. The van der Waals surface area contributed by atoms with Gasteiger partial charge in [0.1, 0.15) is 5.60 Å². The van der Waals surface area contributed by atoms with E-state index in [-0.39, 0.29) is 18.0 Å². The number of nitrogens with one attached hydrogen (secondary N) is 1. The minimum atomic E-state index is -0.469. The van der Waals surface area contributed by atoms with Gasteiger partial charge in [-0.1, -0.05) is 0 Å². The lowest BCUT2D eigenvalue weighted by Gasteiger charge is -2.38. The van der Waals surface area contributed by atoms with E-state index in [1.54, 1.807) is 0 Å². The lowest BCUT2D eigenvalue weighted by Crippen LogP contribution is -2.50. The molecule has 0 saturated carbocycles. The fourth-order valence-electron chi connectivity index (χ4n) is 2.06. The molecule has 0 radical (unpaired) electrons. The first kappa shape index (κ1) is 15.8. The van der Waals surface area contributed by atoms with Crippen LogP contribution in [0.4, 0.5) is 4.79 Å². The van der Waals surface area contributed by atoms with E-state index < -0.39 is 11.7 Å². The molecule has 0 atom stereocenters. The van der Waals surface area contributed by atoms with Gasteiger partial charge in [0.25, 0.3) is 0 Å². The molecule has 1 aliphatic rings. The van der Waals surface area contributed by atoms with Gasteiger partial charge in [0.2, 0.25) is 5.91 Å². The van der Waals surface area contributed by atoms with Gasteiger partial charge in [-0.2, -0.15) is 0 Å². The molecule has 1 rings (SSSR count). The minimum Gasteiger partial charge on any atom is -0.443 e. The van der Waals surface area contributed by atoms with E-state index in [0.29, 0.717) is 25.9 Å². The molecule has 1 aliphatic heterocycles. The summed E-state index contributed by atoms with van der Waals surface area (Å²) in [5, 5.41) is 2.79. The van der Waals surface area contributed by atoms with Gasteiger partial charge in [-0.3, -0.25) is 9.69 Å². The van der Waals surface area contributed by atoms with Crippen molar-refractivity contribution in [3.8, 4) is 0 Å². The van der Waals surface area contributed by atoms with Crippen LogP contribution in [0, 0.1) is 0 Å². The van der Waals surface area contributed by atoms with Crippen LogP contribution < -0.4 is 11.1 Å². The van der Waals surface area contributed by atoms with Crippen molar-refractivity contribution in [2.24, 2.45) is 5.73 Å². The van der Waals surface area contributed by atoms with E-state index in [9.17, 15) is 9.59 Å². The molecule has 0 bridgehead atoms. The largest absolute Gasteiger partial charge is 0.443 e. The number of ether oxygens (including phenoxy) is 1. The highest BCUT2D eigenvalue weighted by molar-refractivity contribution is 5.75. The predicted octanol–water partition coefficient (Wildman–Crippen LogP) is 0.851. The summed E-state index contributed by atoms with van der Waals surface area (Å²) in [5.41, 5.74) is 4.39. The molecule has 0 aromatic rings. The number of piperidine rings is 1. The second-order valence-electron chi connectivity index (χ2n) is 6.46. The highest BCUT2D eigenvalue weighted by Gasteiger charge is 2.34. The van der Waals surface area contributed by atoms with Crippen LogP contribution in [0.25, 0.3) is 0 Å². The summed E-state index contributed by atoms with van der Waals surface area (Å²) in [6.07, 6.45) is 1.02. The quantitative estimate of drug-likeness (QED) is 0.797. The molecule has 0 aromatic carbocycles. The van der Waals surface area contributed by atoms with Gasteiger partial charge in [-0.05, 0) is 40.5 Å². The number of nitrogens with two attached hydrogens (primary N) is 1. The Hall–Kier alpha value is -1.30. The van der Waals surface area contributed by atoms with Crippen LogP contribution >= 0.6 is 0 Å². The lowest BCUT2D eigenvalue weighted by molar-refractivity contribution is -0.120. The zero-order valence-corrected chi connectivity index (χ0v) is 12.3. The molecule has 1 fully saturated rings. The molecule has 1 saturated heterocycles. The average Bonchev–Trinajstić information content (AvgIpc) is 2.17. The predicted molar refractivity (Wildman–Crippen MR) is 72.6 cm³/mol. The molecule has 110 valence electrons. The number of likely N-dealkylation sites (tertiary alicyclic amines) is 1. The van der Waals surface area contributed by atoms with Crippen LogP contribution in [0.3, 0.4) is 0 Å². The van der Waals surface area contributed by atoms with Gasteiger partial charge in [0, 0.05) is 18.6 Å². The van der Waals surface area contributed by atoms with Crippen molar-refractivity contribution in [1.82, 2.24) is 10.2 Å². The van der Waals surface area contributed by atoms with E-state index in [0.717, 1.165) is 0 Å². The second-order valence-corrected chi connectivity index (χ2v) is 6.46. The summed E-state index contributed by atoms with van der Waals surface area (Å²) in [6.45, 7) is 9.34. The van der Waals surface area contributed by atoms with E-state index in [2.05, 4.69) is 5.32 Å². The van der Waals surface area contributed by atoms with Gasteiger partial charge < -0.3 is 15.8 Å². The Morgan fingerprint density at radius 3 is 2.26 bits per heavy atom. The first-order valence-electron chi connectivity index (χ1n) is 6.61. The van der Waals surface area contributed by atoms with Gasteiger partial charge in [0.05, 0.1) is 6.54 Å². The molecule has 1 heterocycles. The zero-order chi connectivity index (χ0) is 14.7. The molecule has 6 nitrogen and oxygen atoms in total. The summed E-state index contributed by atoms with van der Waals surface area (Å²) in [5.74, 6) is -0.324. The number of carbonyl (C=O) groups is 2. The highest BCUT2D eigenvalue weighted by Crippen LogP contribution is 2.26. The summed E-state index contributed by atoms with van der Waals surface area (Å²) in [6, 6.07) is 0. The monoisotopic (exact) mass is 271 g/mol. The van der Waals surface area contributed by atoms with Crippen molar-refractivity contribution in [2.75, 3.05) is 19.6 Å².